The molecule has 1 aliphatic rings. The number of rotatable bonds is 7. The molecule has 1 aromatic rings. The van der Waals surface area contributed by atoms with E-state index >= 15 is 0 Å². The van der Waals surface area contributed by atoms with Gasteiger partial charge in [-0.2, -0.15) is 0 Å². The smallest absolute Gasteiger partial charge is 0.329 e. The predicted molar refractivity (Wildman–Crippen MR) is 110 cm³/mol. The quantitative estimate of drug-likeness (QED) is 0.670. The number of aliphatic hydroxyl groups is 1. The molecule has 1 aromatic carbocycles. The normalized spacial score (nSPS) is 23.9. The molecule has 1 saturated heterocycles. The highest BCUT2D eigenvalue weighted by Crippen LogP contribution is 2.24. The zero-order chi connectivity index (χ0) is 21.8. The number of benzene rings is 1. The number of carbonyl (C=O) groups excluding carboxylic acids is 2. The number of piperidine rings is 1. The summed E-state index contributed by atoms with van der Waals surface area (Å²) >= 11 is 0. The van der Waals surface area contributed by atoms with Crippen LogP contribution in [-0.4, -0.2) is 58.3 Å². The lowest BCUT2D eigenvalue weighted by atomic mass is 9.94. The standard InChI is InChI=1S/C22H34N2O5/c1-14(2)11-16(21(27)29-22(3,4)5)24-12-17(19(25)18(23)20(24)26)28-13-15-9-7-6-8-10-15/h6-10,14,16-19,25H,11-13,23H2,1-5H3/t16-,17+,18-,19+/m0/s1. The molecule has 1 fully saturated rings. The van der Waals surface area contributed by atoms with Gasteiger partial charge in [-0.25, -0.2) is 4.79 Å². The zero-order valence-corrected chi connectivity index (χ0v) is 18.0. The number of likely N-dealkylation sites (tertiary alicyclic amines) is 1. The second kappa shape index (κ2) is 9.69. The van der Waals surface area contributed by atoms with Gasteiger partial charge in [-0.05, 0) is 38.7 Å². The van der Waals surface area contributed by atoms with E-state index < -0.39 is 41.8 Å². The summed E-state index contributed by atoms with van der Waals surface area (Å²) in [6.45, 7) is 9.67. The predicted octanol–water partition coefficient (Wildman–Crippen LogP) is 1.86. The number of amides is 1. The maximum absolute atomic E-state index is 12.9. The van der Waals surface area contributed by atoms with Crippen LogP contribution < -0.4 is 5.73 Å². The average molecular weight is 407 g/mol. The molecule has 0 aromatic heterocycles. The second-order valence-electron chi connectivity index (χ2n) is 9.02. The van der Waals surface area contributed by atoms with E-state index in [1.54, 1.807) is 20.8 Å². The maximum atomic E-state index is 12.9. The van der Waals surface area contributed by atoms with E-state index in [1.165, 1.54) is 4.90 Å². The molecule has 0 radical (unpaired) electrons. The molecule has 0 unspecified atom stereocenters. The molecule has 0 spiro atoms. The largest absolute Gasteiger partial charge is 0.458 e. The van der Waals surface area contributed by atoms with Crippen molar-refractivity contribution in [3.63, 3.8) is 0 Å². The Morgan fingerprint density at radius 2 is 1.90 bits per heavy atom. The molecule has 1 heterocycles. The highest BCUT2D eigenvalue weighted by molar-refractivity contribution is 5.89. The number of hydrogen-bond acceptors (Lipinski definition) is 6. The van der Waals surface area contributed by atoms with Crippen LogP contribution in [-0.2, 0) is 25.7 Å². The molecular weight excluding hydrogens is 372 g/mol. The minimum absolute atomic E-state index is 0.0805. The second-order valence-corrected chi connectivity index (χ2v) is 9.02. The van der Waals surface area contributed by atoms with Crippen LogP contribution in [0.1, 0.15) is 46.6 Å². The summed E-state index contributed by atoms with van der Waals surface area (Å²) in [6, 6.07) is 7.62. The van der Waals surface area contributed by atoms with Crippen molar-refractivity contribution < 1.29 is 24.2 Å². The summed E-state index contributed by atoms with van der Waals surface area (Å²) in [4.78, 5) is 27.1. The molecule has 4 atom stereocenters. The minimum atomic E-state index is -1.15. The molecule has 1 amide bonds. The summed E-state index contributed by atoms with van der Waals surface area (Å²) in [7, 11) is 0. The molecule has 0 aliphatic carbocycles. The van der Waals surface area contributed by atoms with Gasteiger partial charge in [0.2, 0.25) is 5.91 Å². The summed E-state index contributed by atoms with van der Waals surface area (Å²) < 4.78 is 11.4. The van der Waals surface area contributed by atoms with Gasteiger partial charge in [-0.15, -0.1) is 0 Å². The zero-order valence-electron chi connectivity index (χ0n) is 18.0. The van der Waals surface area contributed by atoms with E-state index in [9.17, 15) is 14.7 Å². The van der Waals surface area contributed by atoms with Crippen molar-refractivity contribution in [1.29, 1.82) is 0 Å². The number of hydrogen-bond donors (Lipinski definition) is 2. The van der Waals surface area contributed by atoms with Crippen molar-refractivity contribution >= 4 is 11.9 Å². The molecule has 0 saturated carbocycles. The van der Waals surface area contributed by atoms with E-state index in [2.05, 4.69) is 0 Å². The van der Waals surface area contributed by atoms with Gasteiger partial charge in [0.1, 0.15) is 29.9 Å². The van der Waals surface area contributed by atoms with Crippen LogP contribution in [0, 0.1) is 5.92 Å². The fourth-order valence-corrected chi connectivity index (χ4v) is 3.34. The van der Waals surface area contributed by atoms with Crippen molar-refractivity contribution in [2.45, 2.75) is 77.5 Å². The van der Waals surface area contributed by atoms with Crippen LogP contribution >= 0.6 is 0 Å². The van der Waals surface area contributed by atoms with Gasteiger partial charge in [-0.3, -0.25) is 4.79 Å². The number of nitrogens with zero attached hydrogens (tertiary/aromatic N) is 1. The van der Waals surface area contributed by atoms with Crippen molar-refractivity contribution in [1.82, 2.24) is 4.90 Å². The highest BCUT2D eigenvalue weighted by Gasteiger charge is 2.45. The molecule has 2 rings (SSSR count). The van der Waals surface area contributed by atoms with E-state index in [1.807, 2.05) is 44.2 Å². The topological polar surface area (TPSA) is 102 Å². The Morgan fingerprint density at radius 3 is 2.45 bits per heavy atom. The number of esters is 1. The lowest BCUT2D eigenvalue weighted by molar-refractivity contribution is -0.175. The molecule has 0 bridgehead atoms. The van der Waals surface area contributed by atoms with Crippen molar-refractivity contribution in [3.8, 4) is 0 Å². The van der Waals surface area contributed by atoms with Crippen molar-refractivity contribution in [2.75, 3.05) is 6.54 Å². The van der Waals surface area contributed by atoms with Gasteiger partial charge in [0.25, 0.3) is 0 Å². The number of ether oxygens (including phenoxy) is 2. The molecule has 7 nitrogen and oxygen atoms in total. The van der Waals surface area contributed by atoms with Crippen LogP contribution in [0.25, 0.3) is 0 Å². The van der Waals surface area contributed by atoms with Crippen LogP contribution in [0.2, 0.25) is 0 Å². The summed E-state index contributed by atoms with van der Waals surface area (Å²) in [6.07, 6.45) is -1.39. The summed E-state index contributed by atoms with van der Waals surface area (Å²) in [5.74, 6) is -0.773. The first-order valence-electron chi connectivity index (χ1n) is 10.1. The SMILES string of the molecule is CC(C)C[C@@H](C(=O)OC(C)(C)C)N1C[C@@H](OCc2ccccc2)[C@@H](O)[C@H](N)C1=O. The average Bonchev–Trinajstić information content (AvgIpc) is 2.63. The maximum Gasteiger partial charge on any atom is 0.329 e. The lowest BCUT2D eigenvalue weighted by Gasteiger charge is -2.43. The Balaban J connectivity index is 2.19. The first-order valence-corrected chi connectivity index (χ1v) is 10.1. The van der Waals surface area contributed by atoms with E-state index in [0.717, 1.165) is 5.56 Å². The van der Waals surface area contributed by atoms with Crippen molar-refractivity contribution in [2.24, 2.45) is 11.7 Å². The molecule has 1 aliphatic heterocycles. The minimum Gasteiger partial charge on any atom is -0.458 e. The number of aliphatic hydroxyl groups excluding tert-OH is 1. The van der Waals surface area contributed by atoms with E-state index in [-0.39, 0.29) is 19.1 Å². The number of nitrogens with two attached hydrogens (primary N) is 1. The Bertz CT molecular complexity index is 686. The van der Waals surface area contributed by atoms with Crippen LogP contribution in [0.5, 0.6) is 0 Å². The van der Waals surface area contributed by atoms with E-state index in [4.69, 9.17) is 15.2 Å². The van der Waals surface area contributed by atoms with E-state index in [0.29, 0.717) is 6.42 Å². The first-order chi connectivity index (χ1) is 13.5. The van der Waals surface area contributed by atoms with Gasteiger partial charge < -0.3 is 25.2 Å². The van der Waals surface area contributed by atoms with Gasteiger partial charge >= 0.3 is 5.97 Å². The van der Waals surface area contributed by atoms with Gasteiger partial charge in [0.05, 0.1) is 13.2 Å². The Morgan fingerprint density at radius 1 is 1.28 bits per heavy atom. The molecule has 29 heavy (non-hydrogen) atoms. The third kappa shape index (κ3) is 6.52. The molecular formula is C22H34N2O5. The van der Waals surface area contributed by atoms with Gasteiger partial charge in [-0.1, -0.05) is 44.2 Å². The fraction of sp³-hybridized carbons (Fsp3) is 0.636. The Kier molecular flexibility index (Phi) is 7.80. The Labute approximate surface area is 173 Å². The summed E-state index contributed by atoms with van der Waals surface area (Å²) in [5.41, 5.74) is 6.27. The summed E-state index contributed by atoms with van der Waals surface area (Å²) in [5, 5.41) is 10.5. The highest BCUT2D eigenvalue weighted by atomic mass is 16.6. The van der Waals surface area contributed by atoms with Gasteiger partial charge in [0, 0.05) is 0 Å². The third-order valence-electron chi connectivity index (χ3n) is 4.75. The monoisotopic (exact) mass is 406 g/mol. The third-order valence-corrected chi connectivity index (χ3v) is 4.75. The first kappa shape index (κ1) is 23.3. The van der Waals surface area contributed by atoms with Crippen LogP contribution in [0.15, 0.2) is 30.3 Å². The van der Waals surface area contributed by atoms with Crippen LogP contribution in [0.4, 0.5) is 0 Å². The molecule has 7 heteroatoms. The van der Waals surface area contributed by atoms with Gasteiger partial charge in [0.15, 0.2) is 0 Å². The lowest BCUT2D eigenvalue weighted by Crippen LogP contribution is -2.66. The van der Waals surface area contributed by atoms with Crippen molar-refractivity contribution in [3.05, 3.63) is 35.9 Å². The Hall–Kier alpha value is -1.96. The fourth-order valence-electron chi connectivity index (χ4n) is 3.34. The number of carbonyl (C=O) groups is 2. The molecule has 3 N–H and O–H groups in total. The molecule has 162 valence electrons. The van der Waals surface area contributed by atoms with Crippen LogP contribution in [0.3, 0.4) is 0 Å².